The molecule has 1 aromatic rings. The first-order valence-corrected chi connectivity index (χ1v) is 5.00. The maximum Gasteiger partial charge on any atom is 0.195 e. The predicted molar refractivity (Wildman–Crippen MR) is 59.4 cm³/mol. The lowest BCUT2D eigenvalue weighted by Crippen LogP contribution is -2.34. The maximum atomic E-state index is 13.4. The molecule has 1 saturated carbocycles. The van der Waals surface area contributed by atoms with Gasteiger partial charge in [0, 0.05) is 7.05 Å². The second-order valence-corrected chi connectivity index (χ2v) is 3.73. The van der Waals surface area contributed by atoms with E-state index in [4.69, 9.17) is 5.73 Å². The van der Waals surface area contributed by atoms with E-state index in [1.54, 1.807) is 30.1 Å². The number of anilines is 1. The van der Waals surface area contributed by atoms with Crippen LogP contribution in [0.2, 0.25) is 0 Å². The summed E-state index contributed by atoms with van der Waals surface area (Å²) in [4.78, 5) is 5.84. The van der Waals surface area contributed by atoms with Crippen molar-refractivity contribution >= 4 is 11.6 Å². The lowest BCUT2D eigenvalue weighted by molar-refractivity contribution is 0.628. The van der Waals surface area contributed by atoms with Crippen LogP contribution in [0.5, 0.6) is 0 Å². The summed E-state index contributed by atoms with van der Waals surface area (Å²) in [6.07, 6.45) is 2.18. The molecule has 0 atom stereocenters. The Morgan fingerprint density at radius 2 is 2.13 bits per heavy atom. The van der Waals surface area contributed by atoms with Gasteiger partial charge in [-0.15, -0.1) is 0 Å². The molecule has 3 nitrogen and oxygen atoms in total. The largest absolute Gasteiger partial charge is 0.370 e. The molecular formula is C11H14FN3. The van der Waals surface area contributed by atoms with Crippen molar-refractivity contribution in [3.63, 3.8) is 0 Å². The third kappa shape index (κ3) is 2.26. The molecular weight excluding hydrogens is 193 g/mol. The molecule has 2 rings (SSSR count). The molecule has 0 aliphatic heterocycles. The number of nitrogens with two attached hydrogens (primary N) is 1. The second-order valence-electron chi connectivity index (χ2n) is 3.73. The number of hydrogen-bond donors (Lipinski definition) is 1. The Hall–Kier alpha value is -1.58. The Morgan fingerprint density at radius 1 is 1.47 bits per heavy atom. The smallest absolute Gasteiger partial charge is 0.195 e. The lowest BCUT2D eigenvalue weighted by atomic mass is 10.3. The quantitative estimate of drug-likeness (QED) is 0.593. The molecule has 1 fully saturated rings. The van der Waals surface area contributed by atoms with Gasteiger partial charge in [-0.1, -0.05) is 12.1 Å². The van der Waals surface area contributed by atoms with Crippen LogP contribution in [0.4, 0.5) is 10.1 Å². The highest BCUT2D eigenvalue weighted by Crippen LogP contribution is 2.24. The molecule has 0 spiro atoms. The average molecular weight is 207 g/mol. The summed E-state index contributed by atoms with van der Waals surface area (Å²) < 4.78 is 13.4. The van der Waals surface area contributed by atoms with Crippen molar-refractivity contribution in [2.24, 2.45) is 10.7 Å². The van der Waals surface area contributed by atoms with E-state index in [1.807, 2.05) is 0 Å². The number of hydrogen-bond acceptors (Lipinski definition) is 1. The standard InChI is InChI=1S/C11H14FN3/c1-15(11(13)14-8-6-7-8)10-5-3-2-4-9(10)12/h2-5,8H,6-7H2,1H3,(H2,13,14). The summed E-state index contributed by atoms with van der Waals surface area (Å²) in [6.45, 7) is 0. The Labute approximate surface area is 88.4 Å². The van der Waals surface area contributed by atoms with Gasteiger partial charge in [0.15, 0.2) is 5.96 Å². The summed E-state index contributed by atoms with van der Waals surface area (Å²) in [6, 6.07) is 6.88. The number of halogens is 1. The van der Waals surface area contributed by atoms with Crippen LogP contribution < -0.4 is 10.6 Å². The summed E-state index contributed by atoms with van der Waals surface area (Å²) in [5.74, 6) is 0.0940. The highest BCUT2D eigenvalue weighted by molar-refractivity contribution is 5.94. The van der Waals surface area contributed by atoms with Gasteiger partial charge in [-0.25, -0.2) is 9.38 Å². The summed E-state index contributed by atoms with van der Waals surface area (Å²) in [7, 11) is 1.72. The fourth-order valence-electron chi connectivity index (χ4n) is 1.32. The first-order chi connectivity index (χ1) is 7.18. The molecule has 0 unspecified atom stereocenters. The first kappa shape index (κ1) is 9.96. The van der Waals surface area contributed by atoms with E-state index in [0.29, 0.717) is 17.7 Å². The topological polar surface area (TPSA) is 41.6 Å². The van der Waals surface area contributed by atoms with Crippen LogP contribution in [-0.4, -0.2) is 19.0 Å². The Bertz CT molecular complexity index is 385. The van der Waals surface area contributed by atoms with Gasteiger partial charge in [-0.3, -0.25) is 0 Å². The van der Waals surface area contributed by atoms with Crippen molar-refractivity contribution in [1.29, 1.82) is 0 Å². The second kappa shape index (κ2) is 3.88. The molecule has 1 aliphatic carbocycles. The SMILES string of the molecule is CN(C(N)=NC1CC1)c1ccccc1F. The van der Waals surface area contributed by atoms with Gasteiger partial charge >= 0.3 is 0 Å². The van der Waals surface area contributed by atoms with Gasteiger partial charge in [-0.2, -0.15) is 0 Å². The fraction of sp³-hybridized carbons (Fsp3) is 0.364. The number of para-hydroxylation sites is 1. The molecule has 15 heavy (non-hydrogen) atoms. The summed E-state index contributed by atoms with van der Waals surface area (Å²) in [5.41, 5.74) is 6.23. The third-order valence-corrected chi connectivity index (χ3v) is 2.42. The molecule has 0 amide bonds. The van der Waals surface area contributed by atoms with Crippen LogP contribution >= 0.6 is 0 Å². The minimum absolute atomic E-state index is 0.283. The van der Waals surface area contributed by atoms with Crippen LogP contribution in [0.1, 0.15) is 12.8 Å². The van der Waals surface area contributed by atoms with Gasteiger partial charge in [0.2, 0.25) is 0 Å². The molecule has 0 radical (unpaired) electrons. The van der Waals surface area contributed by atoms with Crippen molar-refractivity contribution in [2.75, 3.05) is 11.9 Å². The summed E-state index contributed by atoms with van der Waals surface area (Å²) in [5, 5.41) is 0. The van der Waals surface area contributed by atoms with E-state index in [1.165, 1.54) is 6.07 Å². The highest BCUT2D eigenvalue weighted by atomic mass is 19.1. The molecule has 4 heteroatoms. The van der Waals surface area contributed by atoms with Gasteiger partial charge in [0.25, 0.3) is 0 Å². The van der Waals surface area contributed by atoms with Gasteiger partial charge in [0.05, 0.1) is 11.7 Å². The minimum Gasteiger partial charge on any atom is -0.370 e. The van der Waals surface area contributed by atoms with Gasteiger partial charge in [-0.05, 0) is 25.0 Å². The molecule has 1 aromatic carbocycles. The van der Waals surface area contributed by atoms with E-state index >= 15 is 0 Å². The molecule has 80 valence electrons. The number of nitrogens with zero attached hydrogens (tertiary/aromatic N) is 2. The zero-order chi connectivity index (χ0) is 10.8. The third-order valence-electron chi connectivity index (χ3n) is 2.42. The van der Waals surface area contributed by atoms with Crippen molar-refractivity contribution in [1.82, 2.24) is 0 Å². The van der Waals surface area contributed by atoms with Crippen LogP contribution in [-0.2, 0) is 0 Å². The Kier molecular flexibility index (Phi) is 2.58. The normalized spacial score (nSPS) is 16.5. The monoisotopic (exact) mass is 207 g/mol. The van der Waals surface area contributed by atoms with Gasteiger partial charge < -0.3 is 10.6 Å². The molecule has 2 N–H and O–H groups in total. The van der Waals surface area contributed by atoms with Crippen molar-refractivity contribution in [3.05, 3.63) is 30.1 Å². The summed E-state index contributed by atoms with van der Waals surface area (Å²) >= 11 is 0. The molecule has 0 heterocycles. The van der Waals surface area contributed by atoms with E-state index in [9.17, 15) is 4.39 Å². The van der Waals surface area contributed by atoms with Crippen LogP contribution in [0.3, 0.4) is 0 Å². The van der Waals surface area contributed by atoms with Gasteiger partial charge in [0.1, 0.15) is 5.82 Å². The average Bonchev–Trinajstić information content (AvgIpc) is 3.01. The number of guanidine groups is 1. The molecule has 0 aromatic heterocycles. The van der Waals surface area contributed by atoms with Crippen molar-refractivity contribution in [3.8, 4) is 0 Å². The predicted octanol–water partition coefficient (Wildman–Crippen LogP) is 1.74. The van der Waals surface area contributed by atoms with E-state index in [2.05, 4.69) is 4.99 Å². The van der Waals surface area contributed by atoms with E-state index in [0.717, 1.165) is 12.8 Å². The Balaban J connectivity index is 2.19. The van der Waals surface area contributed by atoms with E-state index < -0.39 is 0 Å². The first-order valence-electron chi connectivity index (χ1n) is 5.00. The number of aliphatic imine (C=N–C) groups is 1. The zero-order valence-corrected chi connectivity index (χ0v) is 8.65. The highest BCUT2D eigenvalue weighted by Gasteiger charge is 2.21. The molecule has 0 saturated heterocycles. The maximum absolute atomic E-state index is 13.4. The van der Waals surface area contributed by atoms with Crippen molar-refractivity contribution in [2.45, 2.75) is 18.9 Å². The Morgan fingerprint density at radius 3 is 2.73 bits per heavy atom. The lowest BCUT2D eigenvalue weighted by Gasteiger charge is -2.18. The van der Waals surface area contributed by atoms with E-state index in [-0.39, 0.29) is 5.82 Å². The zero-order valence-electron chi connectivity index (χ0n) is 8.65. The molecule has 0 bridgehead atoms. The molecule has 1 aliphatic rings. The van der Waals surface area contributed by atoms with Crippen LogP contribution in [0, 0.1) is 5.82 Å². The fourth-order valence-corrected chi connectivity index (χ4v) is 1.32. The van der Waals surface area contributed by atoms with Crippen molar-refractivity contribution < 1.29 is 4.39 Å². The van der Waals surface area contributed by atoms with Crippen LogP contribution in [0.15, 0.2) is 29.3 Å². The number of rotatable bonds is 2. The number of benzene rings is 1. The minimum atomic E-state index is -0.283. The van der Waals surface area contributed by atoms with Crippen LogP contribution in [0.25, 0.3) is 0 Å².